The van der Waals surface area contributed by atoms with Gasteiger partial charge in [-0.3, -0.25) is 0 Å². The van der Waals surface area contributed by atoms with Crippen LogP contribution >= 0.6 is 0 Å². The van der Waals surface area contributed by atoms with Gasteiger partial charge in [-0.05, 0) is 88.1 Å². The van der Waals surface area contributed by atoms with Crippen molar-refractivity contribution in [3.8, 4) is 44.5 Å². The van der Waals surface area contributed by atoms with Gasteiger partial charge in [0.25, 0.3) is 0 Å². The first-order chi connectivity index (χ1) is 26.3. The van der Waals surface area contributed by atoms with Crippen LogP contribution in [-0.2, 0) is 0 Å². The zero-order valence-corrected chi connectivity index (χ0v) is 28.9. The van der Waals surface area contributed by atoms with E-state index in [1.54, 1.807) is 0 Å². The summed E-state index contributed by atoms with van der Waals surface area (Å²) in [6, 6.07) is 70.4. The first-order valence-electron chi connectivity index (χ1n) is 18.3. The fourth-order valence-corrected chi connectivity index (χ4v) is 8.83. The van der Waals surface area contributed by atoms with Crippen molar-refractivity contribution in [2.75, 3.05) is 0 Å². The van der Waals surface area contributed by atoms with Crippen LogP contribution < -0.4 is 0 Å². The van der Waals surface area contributed by atoms with E-state index < -0.39 is 0 Å². The Morgan fingerprint density at radius 3 is 1.25 bits per heavy atom. The molecular formula is C52H32O. The fourth-order valence-electron chi connectivity index (χ4n) is 8.83. The number of hydrogen-bond donors (Lipinski definition) is 0. The second kappa shape index (κ2) is 11.8. The number of fused-ring (bicyclic) bond motifs is 7. The zero-order valence-electron chi connectivity index (χ0n) is 28.9. The Morgan fingerprint density at radius 2 is 0.623 bits per heavy atom. The van der Waals surface area contributed by atoms with E-state index in [0.717, 1.165) is 27.5 Å². The highest BCUT2D eigenvalue weighted by molar-refractivity contribution is 6.27. The molecule has 0 aliphatic rings. The van der Waals surface area contributed by atoms with Crippen molar-refractivity contribution in [2.24, 2.45) is 0 Å². The van der Waals surface area contributed by atoms with Gasteiger partial charge in [-0.25, -0.2) is 0 Å². The van der Waals surface area contributed by atoms with Crippen LogP contribution in [0.5, 0.6) is 0 Å². The van der Waals surface area contributed by atoms with Gasteiger partial charge in [0.1, 0.15) is 11.2 Å². The minimum absolute atomic E-state index is 0.892. The molecule has 246 valence electrons. The Labute approximate surface area is 307 Å². The summed E-state index contributed by atoms with van der Waals surface area (Å²) in [6.45, 7) is 0. The summed E-state index contributed by atoms with van der Waals surface area (Å²) in [5, 5.41) is 12.1. The molecular weight excluding hydrogens is 641 g/mol. The molecule has 0 amide bonds. The van der Waals surface area contributed by atoms with Gasteiger partial charge < -0.3 is 4.42 Å². The Bertz CT molecular complexity index is 3170. The number of furan rings is 1. The maximum Gasteiger partial charge on any atom is 0.143 e. The second-order valence-corrected chi connectivity index (χ2v) is 13.9. The molecule has 53 heavy (non-hydrogen) atoms. The lowest BCUT2D eigenvalue weighted by atomic mass is 9.82. The molecule has 1 heterocycles. The van der Waals surface area contributed by atoms with E-state index in [9.17, 15) is 0 Å². The molecule has 11 aromatic rings. The highest BCUT2D eigenvalue weighted by Crippen LogP contribution is 2.49. The first kappa shape index (κ1) is 29.7. The van der Waals surface area contributed by atoms with Crippen molar-refractivity contribution in [2.45, 2.75) is 0 Å². The summed E-state index contributed by atoms with van der Waals surface area (Å²) in [4.78, 5) is 0. The van der Waals surface area contributed by atoms with E-state index in [1.165, 1.54) is 82.0 Å². The van der Waals surface area contributed by atoms with E-state index in [-0.39, 0.29) is 0 Å². The molecule has 0 bridgehead atoms. The van der Waals surface area contributed by atoms with Crippen molar-refractivity contribution in [1.29, 1.82) is 0 Å². The van der Waals surface area contributed by atoms with Gasteiger partial charge in [-0.15, -0.1) is 0 Å². The number of hydrogen-bond acceptors (Lipinski definition) is 1. The lowest BCUT2D eigenvalue weighted by Crippen LogP contribution is -1.93. The third-order valence-electron chi connectivity index (χ3n) is 11.1. The van der Waals surface area contributed by atoms with E-state index >= 15 is 0 Å². The van der Waals surface area contributed by atoms with Crippen molar-refractivity contribution in [1.82, 2.24) is 0 Å². The van der Waals surface area contributed by atoms with Crippen LogP contribution in [0, 0.1) is 0 Å². The highest BCUT2D eigenvalue weighted by Gasteiger charge is 2.23. The molecule has 0 saturated heterocycles. The third-order valence-corrected chi connectivity index (χ3v) is 11.1. The molecule has 0 unspecified atom stereocenters. The number of rotatable bonds is 4. The van der Waals surface area contributed by atoms with E-state index in [4.69, 9.17) is 4.42 Å². The topological polar surface area (TPSA) is 13.1 Å². The number of benzene rings is 10. The van der Waals surface area contributed by atoms with E-state index in [2.05, 4.69) is 194 Å². The minimum Gasteiger partial charge on any atom is -0.455 e. The van der Waals surface area contributed by atoms with Gasteiger partial charge in [-0.2, -0.15) is 0 Å². The Hall–Kier alpha value is -6.96. The van der Waals surface area contributed by atoms with Crippen LogP contribution in [0.2, 0.25) is 0 Å². The SMILES string of the molecule is c1ccc(-c2c3ccccc3c(-c3cccc4oc5c(-c6cccc7ccccc67)cccc5c34)c3ccccc23)c(-c2cccc3ccccc23)c1. The maximum atomic E-state index is 6.87. The normalized spacial score (nSPS) is 11.8. The molecule has 10 aromatic carbocycles. The molecule has 1 aromatic heterocycles. The third kappa shape index (κ3) is 4.51. The van der Waals surface area contributed by atoms with Crippen molar-refractivity contribution < 1.29 is 4.42 Å². The molecule has 1 heteroatoms. The summed E-state index contributed by atoms with van der Waals surface area (Å²) in [5.74, 6) is 0. The van der Waals surface area contributed by atoms with Gasteiger partial charge >= 0.3 is 0 Å². The second-order valence-electron chi connectivity index (χ2n) is 13.9. The van der Waals surface area contributed by atoms with Crippen LogP contribution in [-0.4, -0.2) is 0 Å². The van der Waals surface area contributed by atoms with E-state index in [0.29, 0.717) is 0 Å². The van der Waals surface area contributed by atoms with Crippen LogP contribution in [0.3, 0.4) is 0 Å². The predicted molar refractivity (Wildman–Crippen MR) is 225 cm³/mol. The van der Waals surface area contributed by atoms with Gasteiger partial charge in [0.2, 0.25) is 0 Å². The molecule has 0 saturated carbocycles. The Balaban J connectivity index is 1.22. The van der Waals surface area contributed by atoms with Crippen LogP contribution in [0.15, 0.2) is 199 Å². The average Bonchev–Trinajstić information content (AvgIpc) is 3.62. The average molecular weight is 673 g/mol. The summed E-state index contributed by atoms with van der Waals surface area (Å²) < 4.78 is 6.87. The Kier molecular flexibility index (Phi) is 6.62. The molecule has 0 fully saturated rings. The maximum absolute atomic E-state index is 6.87. The van der Waals surface area contributed by atoms with Crippen LogP contribution in [0.4, 0.5) is 0 Å². The van der Waals surface area contributed by atoms with Gasteiger partial charge in [0.05, 0.1) is 0 Å². The van der Waals surface area contributed by atoms with E-state index in [1.807, 2.05) is 0 Å². The van der Waals surface area contributed by atoms with Crippen molar-refractivity contribution in [3.05, 3.63) is 194 Å². The largest absolute Gasteiger partial charge is 0.455 e. The molecule has 0 atom stereocenters. The summed E-state index contributed by atoms with van der Waals surface area (Å²) >= 11 is 0. The van der Waals surface area contributed by atoms with Crippen LogP contribution in [0.1, 0.15) is 0 Å². The van der Waals surface area contributed by atoms with Crippen LogP contribution in [0.25, 0.3) is 110 Å². The quantitative estimate of drug-likeness (QED) is 0.170. The molecule has 0 aliphatic carbocycles. The molecule has 1 nitrogen and oxygen atoms in total. The summed E-state index contributed by atoms with van der Waals surface area (Å²) in [5.41, 5.74) is 11.5. The van der Waals surface area contributed by atoms with Gasteiger partial charge in [-0.1, -0.05) is 188 Å². The summed E-state index contributed by atoms with van der Waals surface area (Å²) in [6.07, 6.45) is 0. The molecule has 0 radical (unpaired) electrons. The first-order valence-corrected chi connectivity index (χ1v) is 18.3. The summed E-state index contributed by atoms with van der Waals surface area (Å²) in [7, 11) is 0. The van der Waals surface area contributed by atoms with Gasteiger partial charge in [0, 0.05) is 16.3 Å². The van der Waals surface area contributed by atoms with Gasteiger partial charge in [0.15, 0.2) is 0 Å². The van der Waals surface area contributed by atoms with Crippen molar-refractivity contribution in [3.63, 3.8) is 0 Å². The molecule has 11 rings (SSSR count). The smallest absolute Gasteiger partial charge is 0.143 e. The molecule has 0 aliphatic heterocycles. The zero-order chi connectivity index (χ0) is 34.9. The predicted octanol–water partition coefficient (Wildman–Crippen LogP) is 14.9. The molecule has 0 spiro atoms. The molecule has 0 N–H and O–H groups in total. The Morgan fingerprint density at radius 1 is 0.245 bits per heavy atom. The monoisotopic (exact) mass is 672 g/mol. The lowest BCUT2D eigenvalue weighted by Gasteiger charge is -2.20. The highest BCUT2D eigenvalue weighted by atomic mass is 16.3. The fraction of sp³-hybridized carbons (Fsp3) is 0. The minimum atomic E-state index is 0.892. The lowest BCUT2D eigenvalue weighted by molar-refractivity contribution is 0.670. The number of para-hydroxylation sites is 1. The van der Waals surface area contributed by atoms with Crippen molar-refractivity contribution >= 4 is 65.0 Å². The standard InChI is InChI=1S/C52H32O/c1-3-19-35-33(15-1)17-11-27-37(35)39-21-5-6-22-40(39)49-41-23-7-9-25-43(41)50(44-26-10-8-24-42(44)49)46-30-14-32-48-51(46)47-31-13-29-45(52(47)53-48)38-28-12-18-34-16-2-4-20-36(34)38/h1-32H.